The van der Waals surface area contributed by atoms with Gasteiger partial charge in [-0.25, -0.2) is 9.59 Å². The standard InChI is InChI=1S/C20H22O6/c1-6-11(2)19(22)25-18-17(23-5)13-9-12-7-8-16(21)24-14(12)10-15(13)26-20(18,3)4/h6-10,17-18H,1-5H3/b11-6+. The van der Waals surface area contributed by atoms with Gasteiger partial charge in [-0.2, -0.15) is 0 Å². The maximum absolute atomic E-state index is 12.3. The molecule has 138 valence electrons. The van der Waals surface area contributed by atoms with Crippen LogP contribution in [-0.4, -0.2) is 24.8 Å². The van der Waals surface area contributed by atoms with Crippen molar-refractivity contribution in [1.29, 1.82) is 0 Å². The van der Waals surface area contributed by atoms with E-state index in [0.29, 0.717) is 16.9 Å². The fourth-order valence-corrected chi connectivity index (χ4v) is 3.07. The van der Waals surface area contributed by atoms with E-state index < -0.39 is 29.4 Å². The van der Waals surface area contributed by atoms with Crippen LogP contribution in [0.3, 0.4) is 0 Å². The van der Waals surface area contributed by atoms with Gasteiger partial charge in [-0.1, -0.05) is 6.08 Å². The van der Waals surface area contributed by atoms with Gasteiger partial charge in [0.1, 0.15) is 23.0 Å². The lowest BCUT2D eigenvalue weighted by Crippen LogP contribution is -2.51. The van der Waals surface area contributed by atoms with Crippen LogP contribution in [0.25, 0.3) is 11.0 Å². The molecular weight excluding hydrogens is 336 g/mol. The van der Waals surface area contributed by atoms with Crippen molar-refractivity contribution in [1.82, 2.24) is 0 Å². The normalized spacial score (nSPS) is 21.8. The number of ether oxygens (including phenoxy) is 3. The minimum absolute atomic E-state index is 0.411. The van der Waals surface area contributed by atoms with Gasteiger partial charge in [0, 0.05) is 35.8 Å². The number of fused-ring (bicyclic) bond motifs is 2. The molecule has 0 N–H and O–H groups in total. The lowest BCUT2D eigenvalue weighted by Gasteiger charge is -2.43. The molecule has 0 fully saturated rings. The van der Waals surface area contributed by atoms with Crippen LogP contribution in [-0.2, 0) is 14.3 Å². The monoisotopic (exact) mass is 358 g/mol. The summed E-state index contributed by atoms with van der Waals surface area (Å²) in [6, 6.07) is 6.55. The average molecular weight is 358 g/mol. The Morgan fingerprint density at radius 3 is 2.65 bits per heavy atom. The van der Waals surface area contributed by atoms with Crippen molar-refractivity contribution < 1.29 is 23.4 Å². The van der Waals surface area contributed by atoms with Crippen LogP contribution in [0.15, 0.2) is 45.1 Å². The van der Waals surface area contributed by atoms with Crippen LogP contribution in [0.4, 0.5) is 0 Å². The highest BCUT2D eigenvalue weighted by Gasteiger charge is 2.47. The largest absolute Gasteiger partial charge is 0.483 e. The van der Waals surface area contributed by atoms with Gasteiger partial charge in [0.15, 0.2) is 6.10 Å². The first kappa shape index (κ1) is 18.2. The molecule has 26 heavy (non-hydrogen) atoms. The van der Waals surface area contributed by atoms with E-state index >= 15 is 0 Å². The lowest BCUT2D eigenvalue weighted by molar-refractivity contribution is -0.176. The quantitative estimate of drug-likeness (QED) is 0.475. The van der Waals surface area contributed by atoms with Crippen molar-refractivity contribution in [2.75, 3.05) is 7.11 Å². The molecule has 2 heterocycles. The summed E-state index contributed by atoms with van der Waals surface area (Å²) in [4.78, 5) is 23.8. The Hall–Kier alpha value is -2.60. The molecule has 3 rings (SSSR count). The molecule has 2 unspecified atom stereocenters. The second kappa shape index (κ2) is 6.61. The molecule has 0 aliphatic carbocycles. The number of carbonyl (C=O) groups is 1. The molecule has 0 radical (unpaired) electrons. The number of rotatable bonds is 3. The Labute approximate surface area is 151 Å². The van der Waals surface area contributed by atoms with Crippen molar-refractivity contribution >= 4 is 16.9 Å². The van der Waals surface area contributed by atoms with Crippen molar-refractivity contribution in [2.45, 2.75) is 45.5 Å². The molecule has 6 nitrogen and oxygen atoms in total. The Kier molecular flexibility index (Phi) is 4.63. The average Bonchev–Trinajstić information content (AvgIpc) is 2.59. The zero-order valence-electron chi connectivity index (χ0n) is 15.5. The summed E-state index contributed by atoms with van der Waals surface area (Å²) in [5, 5.41) is 0.739. The van der Waals surface area contributed by atoms with Crippen LogP contribution < -0.4 is 10.4 Å². The number of benzene rings is 1. The summed E-state index contributed by atoms with van der Waals surface area (Å²) in [6.45, 7) is 7.14. The first-order chi connectivity index (χ1) is 12.3. The second-order valence-corrected chi connectivity index (χ2v) is 6.84. The molecule has 2 aromatic rings. The van der Waals surface area contributed by atoms with Crippen molar-refractivity contribution in [2.24, 2.45) is 0 Å². The predicted octanol–water partition coefficient (Wildman–Crippen LogP) is 3.53. The molecule has 0 saturated heterocycles. The van der Waals surface area contributed by atoms with Gasteiger partial charge in [-0.05, 0) is 39.8 Å². The van der Waals surface area contributed by atoms with Gasteiger partial charge in [-0.3, -0.25) is 0 Å². The third-order valence-electron chi connectivity index (χ3n) is 4.63. The summed E-state index contributed by atoms with van der Waals surface area (Å²) in [5.41, 5.74) is 0.428. The first-order valence-corrected chi connectivity index (χ1v) is 8.40. The topological polar surface area (TPSA) is 75.0 Å². The van der Waals surface area contributed by atoms with Crippen molar-refractivity contribution in [3.8, 4) is 5.75 Å². The van der Waals surface area contributed by atoms with E-state index in [4.69, 9.17) is 18.6 Å². The summed E-state index contributed by atoms with van der Waals surface area (Å²) in [7, 11) is 1.56. The molecule has 0 spiro atoms. The van der Waals surface area contributed by atoms with Crippen LogP contribution in [0.5, 0.6) is 5.75 Å². The van der Waals surface area contributed by atoms with Gasteiger partial charge in [0.2, 0.25) is 0 Å². The minimum atomic E-state index is -0.833. The maximum Gasteiger partial charge on any atom is 0.336 e. The highest BCUT2D eigenvalue weighted by molar-refractivity contribution is 5.88. The Morgan fingerprint density at radius 2 is 2.00 bits per heavy atom. The molecule has 0 bridgehead atoms. The maximum atomic E-state index is 12.3. The van der Waals surface area contributed by atoms with Crippen molar-refractivity contribution in [3.05, 3.63) is 51.9 Å². The highest BCUT2D eigenvalue weighted by Crippen LogP contribution is 2.44. The van der Waals surface area contributed by atoms with Gasteiger partial charge in [-0.15, -0.1) is 0 Å². The number of hydrogen-bond donors (Lipinski definition) is 0. The molecule has 1 aromatic carbocycles. The number of hydrogen-bond acceptors (Lipinski definition) is 6. The first-order valence-electron chi connectivity index (χ1n) is 8.40. The SMILES string of the molecule is C/C=C(\C)C(=O)OC1C(OC)c2cc3ccc(=O)oc3cc2OC1(C)C. The summed E-state index contributed by atoms with van der Waals surface area (Å²) < 4.78 is 22.7. The third-order valence-corrected chi connectivity index (χ3v) is 4.63. The molecule has 2 atom stereocenters. The van der Waals surface area contributed by atoms with E-state index in [1.165, 1.54) is 6.07 Å². The number of allylic oxidation sites excluding steroid dienone is 1. The lowest BCUT2D eigenvalue weighted by atomic mass is 9.87. The molecule has 0 amide bonds. The highest BCUT2D eigenvalue weighted by atomic mass is 16.6. The van der Waals surface area contributed by atoms with E-state index in [0.717, 1.165) is 10.9 Å². The number of carbonyl (C=O) groups excluding carboxylic acids is 1. The fraction of sp³-hybridized carbons (Fsp3) is 0.400. The third kappa shape index (κ3) is 3.12. The van der Waals surface area contributed by atoms with Crippen LogP contribution >= 0.6 is 0 Å². The smallest absolute Gasteiger partial charge is 0.336 e. The zero-order chi connectivity index (χ0) is 19.1. The Balaban J connectivity index is 2.09. The molecular formula is C20H22O6. The van der Waals surface area contributed by atoms with Crippen LogP contribution in [0.1, 0.15) is 39.4 Å². The molecule has 1 aliphatic heterocycles. The molecule has 1 aliphatic rings. The van der Waals surface area contributed by atoms with E-state index in [9.17, 15) is 9.59 Å². The molecule has 1 aromatic heterocycles. The fourth-order valence-electron chi connectivity index (χ4n) is 3.07. The molecule has 6 heteroatoms. The predicted molar refractivity (Wildman–Crippen MR) is 96.3 cm³/mol. The summed E-state index contributed by atoms with van der Waals surface area (Å²) in [6.07, 6.45) is 0.541. The van der Waals surface area contributed by atoms with E-state index in [1.54, 1.807) is 39.2 Å². The zero-order valence-corrected chi connectivity index (χ0v) is 15.5. The van der Waals surface area contributed by atoms with Gasteiger partial charge in [0.05, 0.1) is 0 Å². The van der Waals surface area contributed by atoms with Crippen molar-refractivity contribution in [3.63, 3.8) is 0 Å². The molecule has 0 saturated carbocycles. The Bertz CT molecular complexity index is 937. The number of esters is 1. The van der Waals surface area contributed by atoms with Crippen LogP contribution in [0, 0.1) is 0 Å². The van der Waals surface area contributed by atoms with Crippen LogP contribution in [0.2, 0.25) is 0 Å². The summed E-state index contributed by atoms with van der Waals surface area (Å²) >= 11 is 0. The summed E-state index contributed by atoms with van der Waals surface area (Å²) in [5.74, 6) is 0.130. The Morgan fingerprint density at radius 1 is 1.27 bits per heavy atom. The van der Waals surface area contributed by atoms with E-state index in [2.05, 4.69) is 0 Å². The minimum Gasteiger partial charge on any atom is -0.483 e. The van der Waals surface area contributed by atoms with Gasteiger partial charge >= 0.3 is 11.6 Å². The van der Waals surface area contributed by atoms with Gasteiger partial charge in [0.25, 0.3) is 0 Å². The number of methoxy groups -OCH3 is 1. The van der Waals surface area contributed by atoms with Gasteiger partial charge < -0.3 is 18.6 Å². The second-order valence-electron chi connectivity index (χ2n) is 6.84. The van der Waals surface area contributed by atoms with E-state index in [1.807, 2.05) is 19.9 Å². The van der Waals surface area contributed by atoms with E-state index in [-0.39, 0.29) is 0 Å².